The van der Waals surface area contributed by atoms with Crippen molar-refractivity contribution in [3.8, 4) is 5.69 Å². The molecule has 1 aliphatic heterocycles. The molecule has 0 amide bonds. The molecule has 0 radical (unpaired) electrons. The average Bonchev–Trinajstić information content (AvgIpc) is 3.03. The predicted molar refractivity (Wildman–Crippen MR) is 113 cm³/mol. The first-order chi connectivity index (χ1) is 14.4. The van der Waals surface area contributed by atoms with Crippen molar-refractivity contribution in [2.75, 3.05) is 0 Å². The molecule has 1 saturated carbocycles. The van der Waals surface area contributed by atoms with Crippen molar-refractivity contribution in [1.82, 2.24) is 9.78 Å². The lowest BCUT2D eigenvalue weighted by molar-refractivity contribution is -0.124. The molecule has 6 heteroatoms. The molecule has 2 aromatic carbocycles. The number of para-hydroxylation sites is 1. The largest absolute Gasteiger partial charge is 0.299 e. The fraction of sp³-hybridized carbons (Fsp3) is 0.292. The lowest BCUT2D eigenvalue weighted by Gasteiger charge is -2.39. The van der Waals surface area contributed by atoms with Crippen LogP contribution in [0.25, 0.3) is 5.69 Å². The van der Waals surface area contributed by atoms with Gasteiger partial charge in [-0.3, -0.25) is 14.7 Å². The van der Waals surface area contributed by atoms with E-state index in [1.54, 1.807) is 18.2 Å². The van der Waals surface area contributed by atoms with Gasteiger partial charge < -0.3 is 0 Å². The maximum atomic E-state index is 14.9. The van der Waals surface area contributed by atoms with Crippen molar-refractivity contribution in [2.45, 2.75) is 32.6 Å². The highest BCUT2D eigenvalue weighted by atomic mass is 19.1. The van der Waals surface area contributed by atoms with Crippen LogP contribution in [0.4, 0.5) is 10.2 Å². The Kier molecular flexibility index (Phi) is 4.13. The van der Waals surface area contributed by atoms with E-state index in [4.69, 9.17) is 4.99 Å². The third-order valence-electron chi connectivity index (χ3n) is 6.08. The monoisotopic (exact) mass is 403 g/mol. The summed E-state index contributed by atoms with van der Waals surface area (Å²) in [5, 5.41) is 3.10. The first-order valence-corrected chi connectivity index (χ1v) is 10.1. The number of aromatic amines is 1. The van der Waals surface area contributed by atoms with Crippen LogP contribution in [0, 0.1) is 17.2 Å². The smallest absolute Gasteiger partial charge is 0.277 e. The van der Waals surface area contributed by atoms with Crippen molar-refractivity contribution in [1.29, 1.82) is 0 Å². The van der Waals surface area contributed by atoms with Gasteiger partial charge in [-0.15, -0.1) is 0 Å². The Hall–Kier alpha value is -3.28. The number of rotatable bonds is 2. The normalized spacial score (nSPS) is 22.2. The number of hydrogen-bond acceptors (Lipinski definition) is 3. The molecule has 30 heavy (non-hydrogen) atoms. The van der Waals surface area contributed by atoms with Gasteiger partial charge in [-0.2, -0.15) is 0 Å². The maximum absolute atomic E-state index is 14.9. The van der Waals surface area contributed by atoms with Gasteiger partial charge in [0.2, 0.25) is 0 Å². The lowest BCUT2D eigenvalue weighted by Crippen LogP contribution is -2.43. The van der Waals surface area contributed by atoms with Crippen LogP contribution in [0.15, 0.2) is 64.4 Å². The fourth-order valence-electron chi connectivity index (χ4n) is 4.85. The molecule has 0 saturated heterocycles. The van der Waals surface area contributed by atoms with Gasteiger partial charge in [-0.1, -0.05) is 50.2 Å². The minimum absolute atomic E-state index is 0.00997. The molecule has 5 nitrogen and oxygen atoms in total. The molecule has 1 aromatic heterocycles. The molecular formula is C24H22FN3O2. The summed E-state index contributed by atoms with van der Waals surface area (Å²) in [6.45, 7) is 4.07. The van der Waals surface area contributed by atoms with Crippen molar-refractivity contribution in [3.63, 3.8) is 0 Å². The van der Waals surface area contributed by atoms with Crippen LogP contribution in [0.3, 0.4) is 0 Å². The Morgan fingerprint density at radius 1 is 1.00 bits per heavy atom. The van der Waals surface area contributed by atoms with E-state index in [1.165, 1.54) is 10.7 Å². The number of nitrogens with one attached hydrogen (secondary N) is 1. The Bertz CT molecular complexity index is 1240. The number of hydrogen-bond donors (Lipinski definition) is 1. The summed E-state index contributed by atoms with van der Waals surface area (Å²) in [7, 11) is 0. The van der Waals surface area contributed by atoms with Gasteiger partial charge in [-0.05, 0) is 35.6 Å². The van der Waals surface area contributed by atoms with Crippen LogP contribution >= 0.6 is 0 Å². The summed E-state index contributed by atoms with van der Waals surface area (Å²) in [5.41, 5.74) is 1.58. The number of aromatic nitrogens is 2. The molecule has 0 bridgehead atoms. The van der Waals surface area contributed by atoms with Gasteiger partial charge in [0.15, 0.2) is 5.82 Å². The minimum Gasteiger partial charge on any atom is -0.299 e. The average molecular weight is 403 g/mol. The van der Waals surface area contributed by atoms with E-state index < -0.39 is 17.7 Å². The SMILES string of the molecule is CC1(C)CC(=O)C2C(=Nc3[nH]n(-c4ccccc4)c(=O)c3[C@@H]2c2ccccc2F)C1. The summed E-state index contributed by atoms with van der Waals surface area (Å²) in [6.07, 6.45) is 1.01. The Morgan fingerprint density at radius 3 is 2.43 bits per heavy atom. The van der Waals surface area contributed by atoms with Gasteiger partial charge in [0.1, 0.15) is 11.6 Å². The molecule has 2 atom stereocenters. The van der Waals surface area contributed by atoms with Gasteiger partial charge in [0.05, 0.1) is 17.2 Å². The highest BCUT2D eigenvalue weighted by Gasteiger charge is 2.48. The molecule has 1 fully saturated rings. The molecular weight excluding hydrogens is 381 g/mol. The summed E-state index contributed by atoms with van der Waals surface area (Å²) in [4.78, 5) is 31.4. The van der Waals surface area contributed by atoms with Crippen LogP contribution in [0.5, 0.6) is 0 Å². The van der Waals surface area contributed by atoms with Crippen molar-refractivity contribution < 1.29 is 9.18 Å². The quantitative estimate of drug-likeness (QED) is 0.683. The number of carbonyl (C=O) groups is 1. The molecule has 2 heterocycles. The number of benzene rings is 2. The first-order valence-electron chi connectivity index (χ1n) is 10.1. The van der Waals surface area contributed by atoms with Crippen LogP contribution in [0.2, 0.25) is 0 Å². The van der Waals surface area contributed by atoms with Crippen LogP contribution in [0.1, 0.15) is 43.7 Å². The number of carbonyl (C=O) groups excluding carboxylic acids is 1. The zero-order chi connectivity index (χ0) is 21.0. The first kappa shape index (κ1) is 18.7. The maximum Gasteiger partial charge on any atom is 0.277 e. The summed E-state index contributed by atoms with van der Waals surface area (Å²) >= 11 is 0. The van der Waals surface area contributed by atoms with Crippen LogP contribution in [-0.2, 0) is 4.79 Å². The number of ketones is 1. The molecule has 0 spiro atoms. The zero-order valence-electron chi connectivity index (χ0n) is 16.9. The topological polar surface area (TPSA) is 67.2 Å². The minimum atomic E-state index is -0.689. The highest BCUT2D eigenvalue weighted by molar-refractivity contribution is 6.11. The second-order valence-corrected chi connectivity index (χ2v) is 8.91. The van der Waals surface area contributed by atoms with Crippen molar-refractivity contribution in [3.05, 3.63) is 81.9 Å². The van der Waals surface area contributed by atoms with Gasteiger partial charge in [-0.25, -0.2) is 14.1 Å². The zero-order valence-corrected chi connectivity index (χ0v) is 16.9. The van der Waals surface area contributed by atoms with E-state index in [0.717, 1.165) is 5.71 Å². The molecule has 1 aliphatic carbocycles. The number of halogens is 1. The third kappa shape index (κ3) is 2.86. The molecule has 152 valence electrons. The Morgan fingerprint density at radius 2 is 1.70 bits per heavy atom. The van der Waals surface area contributed by atoms with E-state index in [2.05, 4.69) is 5.10 Å². The summed E-state index contributed by atoms with van der Waals surface area (Å²) < 4.78 is 16.3. The lowest BCUT2D eigenvalue weighted by atomic mass is 9.64. The molecule has 3 aromatic rings. The summed E-state index contributed by atoms with van der Waals surface area (Å²) in [6, 6.07) is 15.6. The molecule has 5 rings (SSSR count). The van der Waals surface area contributed by atoms with E-state index >= 15 is 0 Å². The Balaban J connectivity index is 1.78. The second kappa shape index (κ2) is 6.62. The standard InChI is InChI=1S/C24H22FN3O2/c1-24(2)12-17-20(18(29)13-24)19(15-10-6-7-11-16(15)25)21-22(26-17)27-28(23(21)30)14-8-4-3-5-9-14/h3-11,19-20,27H,12-13H2,1-2H3/t19-,20?/m1/s1. The van der Waals surface area contributed by atoms with Crippen LogP contribution < -0.4 is 5.56 Å². The van der Waals surface area contributed by atoms with Crippen molar-refractivity contribution in [2.24, 2.45) is 16.3 Å². The fourth-order valence-corrected chi connectivity index (χ4v) is 4.85. The van der Waals surface area contributed by atoms with E-state index in [-0.39, 0.29) is 16.8 Å². The number of H-pyrrole nitrogens is 1. The van der Waals surface area contributed by atoms with E-state index in [9.17, 15) is 14.0 Å². The Labute approximate surface area is 173 Å². The molecule has 1 unspecified atom stereocenters. The number of Topliss-reactive ketones (excluding diaryl/α,β-unsaturated/α-hetero) is 1. The predicted octanol–water partition coefficient (Wildman–Crippen LogP) is 4.53. The van der Waals surface area contributed by atoms with Gasteiger partial charge in [0.25, 0.3) is 5.56 Å². The molecule has 2 aliphatic rings. The van der Waals surface area contributed by atoms with E-state index in [1.807, 2.05) is 44.2 Å². The van der Waals surface area contributed by atoms with Gasteiger partial charge >= 0.3 is 0 Å². The molecule has 1 N–H and O–H groups in total. The highest BCUT2D eigenvalue weighted by Crippen LogP contribution is 2.47. The third-order valence-corrected chi connectivity index (χ3v) is 6.08. The number of nitrogens with zero attached hydrogens (tertiary/aromatic N) is 2. The second-order valence-electron chi connectivity index (χ2n) is 8.91. The van der Waals surface area contributed by atoms with Crippen LogP contribution in [-0.4, -0.2) is 21.3 Å². The number of aliphatic imine (C=N–C) groups is 1. The van der Waals surface area contributed by atoms with Gasteiger partial charge in [0, 0.05) is 18.1 Å². The summed E-state index contributed by atoms with van der Waals surface area (Å²) in [5.74, 6) is -1.30. The van der Waals surface area contributed by atoms with E-state index in [0.29, 0.717) is 35.5 Å². The number of fused-ring (bicyclic) bond motifs is 2. The van der Waals surface area contributed by atoms with Crippen molar-refractivity contribution >= 4 is 17.3 Å².